The third-order valence-electron chi connectivity index (χ3n) is 2.49. The Bertz CT molecular complexity index is 743. The molecule has 1 heterocycles. The molecule has 0 fully saturated rings. The molecule has 0 unspecified atom stereocenters. The van der Waals surface area contributed by atoms with E-state index in [1.54, 1.807) is 0 Å². The molecule has 0 atom stereocenters. The number of hydrogen-bond acceptors (Lipinski definition) is 3. The highest BCUT2D eigenvalue weighted by atomic mass is 35.5. The molecule has 0 aliphatic heterocycles. The Morgan fingerprint density at radius 1 is 1.33 bits per heavy atom. The fourth-order valence-corrected chi connectivity index (χ4v) is 1.75. The minimum absolute atomic E-state index is 0.139. The normalized spacial score (nSPS) is 11.2. The molecule has 1 amide bonds. The summed E-state index contributed by atoms with van der Waals surface area (Å²) < 4.78 is 38.1. The second kappa shape index (κ2) is 5.57. The van der Waals surface area contributed by atoms with Gasteiger partial charge >= 0.3 is 6.18 Å². The van der Waals surface area contributed by atoms with Crippen LogP contribution in [0.15, 0.2) is 35.5 Å². The summed E-state index contributed by atoms with van der Waals surface area (Å²) in [5.74, 6) is -0.875. The predicted molar refractivity (Wildman–Crippen MR) is 69.3 cm³/mol. The van der Waals surface area contributed by atoms with Gasteiger partial charge in [-0.3, -0.25) is 9.59 Å². The molecule has 0 radical (unpaired) electrons. The van der Waals surface area contributed by atoms with Crippen molar-refractivity contribution in [2.45, 2.75) is 6.18 Å². The van der Waals surface area contributed by atoms with Crippen molar-refractivity contribution in [2.24, 2.45) is 0 Å². The molecule has 5 nitrogen and oxygen atoms in total. The lowest BCUT2D eigenvalue weighted by Gasteiger charge is -2.11. The summed E-state index contributed by atoms with van der Waals surface area (Å²) >= 11 is 5.46. The fraction of sp³-hybridized carbons (Fsp3) is 0.0833. The maximum absolute atomic E-state index is 12.7. The van der Waals surface area contributed by atoms with Gasteiger partial charge in [0.25, 0.3) is 11.5 Å². The van der Waals surface area contributed by atoms with Crippen LogP contribution in [-0.2, 0) is 6.18 Å². The van der Waals surface area contributed by atoms with Crippen LogP contribution in [0.2, 0.25) is 5.02 Å². The summed E-state index contributed by atoms with van der Waals surface area (Å²) in [6.07, 6.45) is -2.55. The molecule has 0 bridgehead atoms. The molecular formula is C12H7ClF3N3O2. The number of benzene rings is 1. The number of aromatic nitrogens is 2. The van der Waals surface area contributed by atoms with Crippen molar-refractivity contribution in [2.75, 3.05) is 5.32 Å². The number of anilines is 1. The number of alkyl halides is 3. The Morgan fingerprint density at radius 2 is 2.05 bits per heavy atom. The van der Waals surface area contributed by atoms with E-state index in [1.165, 1.54) is 6.07 Å². The highest BCUT2D eigenvalue weighted by molar-refractivity contribution is 6.31. The number of carbonyl (C=O) groups is 1. The van der Waals surface area contributed by atoms with Crippen LogP contribution >= 0.6 is 11.6 Å². The molecule has 1 aromatic heterocycles. The number of rotatable bonds is 2. The van der Waals surface area contributed by atoms with Gasteiger partial charge in [0.05, 0.1) is 16.9 Å². The van der Waals surface area contributed by atoms with E-state index < -0.39 is 28.2 Å². The first-order valence-corrected chi connectivity index (χ1v) is 5.87. The van der Waals surface area contributed by atoms with Gasteiger partial charge in [0.2, 0.25) is 0 Å². The minimum Gasteiger partial charge on any atom is -0.322 e. The van der Waals surface area contributed by atoms with Crippen molar-refractivity contribution in [3.05, 3.63) is 57.2 Å². The third-order valence-corrected chi connectivity index (χ3v) is 2.82. The standard InChI is InChI=1S/C12H7ClF3N3O2/c13-9-2-1-6(3-8(9)12(14,15)16)19-11(21)7-4-17-5-18-10(7)20/h1-5H,(H,19,21)(H,17,18,20). The van der Waals surface area contributed by atoms with Gasteiger partial charge in [0, 0.05) is 11.9 Å². The van der Waals surface area contributed by atoms with Gasteiger partial charge in [-0.2, -0.15) is 13.2 Å². The summed E-state index contributed by atoms with van der Waals surface area (Å²) in [4.78, 5) is 28.9. The van der Waals surface area contributed by atoms with Gasteiger partial charge in [0.1, 0.15) is 5.56 Å². The number of hydrogen-bond donors (Lipinski definition) is 2. The quantitative estimate of drug-likeness (QED) is 0.894. The maximum Gasteiger partial charge on any atom is 0.417 e. The number of amides is 1. The van der Waals surface area contributed by atoms with Crippen molar-refractivity contribution >= 4 is 23.2 Å². The number of nitrogens with zero attached hydrogens (tertiary/aromatic N) is 1. The van der Waals surface area contributed by atoms with Crippen LogP contribution in [0.3, 0.4) is 0 Å². The fourth-order valence-electron chi connectivity index (χ4n) is 1.52. The van der Waals surface area contributed by atoms with E-state index in [4.69, 9.17) is 11.6 Å². The van der Waals surface area contributed by atoms with Crippen LogP contribution < -0.4 is 10.9 Å². The van der Waals surface area contributed by atoms with Crippen LogP contribution in [0.1, 0.15) is 15.9 Å². The van der Waals surface area contributed by atoms with Gasteiger partial charge in [0.15, 0.2) is 0 Å². The molecule has 21 heavy (non-hydrogen) atoms. The van der Waals surface area contributed by atoms with Crippen molar-refractivity contribution in [1.29, 1.82) is 0 Å². The van der Waals surface area contributed by atoms with Crippen LogP contribution in [0.4, 0.5) is 18.9 Å². The van der Waals surface area contributed by atoms with Gasteiger partial charge in [-0.25, -0.2) is 4.98 Å². The third kappa shape index (κ3) is 3.40. The second-order valence-electron chi connectivity index (χ2n) is 3.94. The average Bonchev–Trinajstić information content (AvgIpc) is 2.40. The molecule has 2 aromatic rings. The molecule has 0 spiro atoms. The monoisotopic (exact) mass is 317 g/mol. The zero-order valence-electron chi connectivity index (χ0n) is 10.2. The first kappa shape index (κ1) is 15.0. The Kier molecular flexibility index (Phi) is 3.99. The summed E-state index contributed by atoms with van der Waals surface area (Å²) in [7, 11) is 0. The molecule has 2 rings (SSSR count). The van der Waals surface area contributed by atoms with Crippen LogP contribution in [0, 0.1) is 0 Å². The van der Waals surface area contributed by atoms with Crippen molar-refractivity contribution in [3.8, 4) is 0 Å². The molecule has 9 heteroatoms. The SMILES string of the molecule is O=C(Nc1ccc(Cl)c(C(F)(F)F)c1)c1cnc[nH]c1=O. The molecule has 0 saturated carbocycles. The van der Waals surface area contributed by atoms with E-state index in [2.05, 4.69) is 15.3 Å². The average molecular weight is 318 g/mol. The molecule has 0 aliphatic rings. The van der Waals surface area contributed by atoms with E-state index in [0.717, 1.165) is 18.6 Å². The summed E-state index contributed by atoms with van der Waals surface area (Å²) in [5.41, 5.74) is -2.24. The number of carbonyl (C=O) groups excluding carboxylic acids is 1. The van der Waals surface area contributed by atoms with Gasteiger partial charge in [-0.15, -0.1) is 0 Å². The summed E-state index contributed by atoms with van der Waals surface area (Å²) in [5, 5.41) is 1.69. The summed E-state index contributed by atoms with van der Waals surface area (Å²) in [6, 6.07) is 2.89. The van der Waals surface area contributed by atoms with E-state index >= 15 is 0 Å². The number of H-pyrrole nitrogens is 1. The number of halogens is 4. The van der Waals surface area contributed by atoms with Crippen molar-refractivity contribution < 1.29 is 18.0 Å². The van der Waals surface area contributed by atoms with Crippen LogP contribution in [0.25, 0.3) is 0 Å². The van der Waals surface area contributed by atoms with Gasteiger partial charge in [-0.1, -0.05) is 11.6 Å². The molecule has 110 valence electrons. The largest absolute Gasteiger partial charge is 0.417 e. The molecular weight excluding hydrogens is 311 g/mol. The van der Waals surface area contributed by atoms with E-state index in [9.17, 15) is 22.8 Å². The van der Waals surface area contributed by atoms with Crippen LogP contribution in [-0.4, -0.2) is 15.9 Å². The highest BCUT2D eigenvalue weighted by Gasteiger charge is 2.33. The van der Waals surface area contributed by atoms with Gasteiger partial charge in [-0.05, 0) is 18.2 Å². The predicted octanol–water partition coefficient (Wildman–Crippen LogP) is 2.69. The lowest BCUT2D eigenvalue weighted by molar-refractivity contribution is -0.137. The summed E-state index contributed by atoms with van der Waals surface area (Å²) in [6.45, 7) is 0. The van der Waals surface area contributed by atoms with Crippen molar-refractivity contribution in [1.82, 2.24) is 9.97 Å². The maximum atomic E-state index is 12.7. The zero-order valence-corrected chi connectivity index (χ0v) is 10.9. The topological polar surface area (TPSA) is 74.8 Å². The Morgan fingerprint density at radius 3 is 2.67 bits per heavy atom. The molecule has 2 N–H and O–H groups in total. The van der Waals surface area contributed by atoms with Crippen LogP contribution in [0.5, 0.6) is 0 Å². The van der Waals surface area contributed by atoms with E-state index in [0.29, 0.717) is 6.07 Å². The first-order chi connectivity index (χ1) is 9.79. The Hall–Kier alpha value is -2.35. The first-order valence-electron chi connectivity index (χ1n) is 5.50. The molecule has 0 saturated heterocycles. The lowest BCUT2D eigenvalue weighted by atomic mass is 10.2. The molecule has 1 aromatic carbocycles. The number of nitrogens with one attached hydrogen (secondary N) is 2. The van der Waals surface area contributed by atoms with Gasteiger partial charge < -0.3 is 10.3 Å². The molecule has 0 aliphatic carbocycles. The zero-order chi connectivity index (χ0) is 15.6. The Labute approximate surface area is 120 Å². The minimum atomic E-state index is -4.65. The van der Waals surface area contributed by atoms with E-state index in [1.807, 2.05) is 0 Å². The number of aromatic amines is 1. The smallest absolute Gasteiger partial charge is 0.322 e. The Balaban J connectivity index is 2.31. The lowest BCUT2D eigenvalue weighted by Crippen LogP contribution is -2.23. The van der Waals surface area contributed by atoms with E-state index in [-0.39, 0.29) is 11.3 Å². The highest BCUT2D eigenvalue weighted by Crippen LogP contribution is 2.36. The second-order valence-corrected chi connectivity index (χ2v) is 4.35. The van der Waals surface area contributed by atoms with Crippen molar-refractivity contribution in [3.63, 3.8) is 0 Å².